The van der Waals surface area contributed by atoms with Crippen molar-refractivity contribution in [2.24, 2.45) is 5.41 Å². The second-order valence-electron chi connectivity index (χ2n) is 8.26. The third-order valence-corrected chi connectivity index (χ3v) is 6.03. The van der Waals surface area contributed by atoms with Crippen molar-refractivity contribution in [1.82, 2.24) is 20.7 Å². The molecular formula is C24H26ClFN4O4. The molecule has 34 heavy (non-hydrogen) atoms. The Labute approximate surface area is 201 Å². The Balaban J connectivity index is 1.86. The number of carbonyl (C=O) groups excluding carboxylic acids is 1. The lowest BCUT2D eigenvalue weighted by Gasteiger charge is -2.31. The molecule has 0 spiro atoms. The zero-order valence-electron chi connectivity index (χ0n) is 18.6. The molecule has 0 saturated heterocycles. The fourth-order valence-electron chi connectivity index (χ4n) is 4.03. The van der Waals surface area contributed by atoms with Gasteiger partial charge in [-0.25, -0.2) is 4.39 Å². The largest absolute Gasteiger partial charge is 0.481 e. The highest BCUT2D eigenvalue weighted by Gasteiger charge is 2.40. The Morgan fingerprint density at radius 2 is 1.97 bits per heavy atom. The van der Waals surface area contributed by atoms with Crippen LogP contribution in [0, 0.1) is 11.2 Å². The first-order chi connectivity index (χ1) is 16.3. The second kappa shape index (κ2) is 11.2. The molecule has 3 rings (SSSR count). The SMILES string of the molecule is CCC[C@](CO)(CC(Cc1ccc(-c2cc(Cl)ccc2F)cc1)NC(=O)c1cnn[nH]1)C(=O)O. The molecule has 0 aliphatic carbocycles. The van der Waals surface area contributed by atoms with Gasteiger partial charge in [0.25, 0.3) is 5.91 Å². The Morgan fingerprint density at radius 1 is 1.24 bits per heavy atom. The lowest BCUT2D eigenvalue weighted by molar-refractivity contribution is -0.153. The van der Waals surface area contributed by atoms with Gasteiger partial charge in [0.15, 0.2) is 0 Å². The molecule has 0 saturated carbocycles. The molecule has 0 fully saturated rings. The molecular weight excluding hydrogens is 463 g/mol. The van der Waals surface area contributed by atoms with Crippen molar-refractivity contribution in [1.29, 1.82) is 0 Å². The van der Waals surface area contributed by atoms with Crippen LogP contribution < -0.4 is 5.32 Å². The van der Waals surface area contributed by atoms with Gasteiger partial charge >= 0.3 is 5.97 Å². The normalized spacial score (nSPS) is 13.8. The maximum Gasteiger partial charge on any atom is 0.312 e. The van der Waals surface area contributed by atoms with E-state index in [2.05, 4.69) is 20.7 Å². The first-order valence-electron chi connectivity index (χ1n) is 10.8. The number of aromatic nitrogens is 3. The number of halogens is 2. The predicted molar refractivity (Wildman–Crippen MR) is 125 cm³/mol. The summed E-state index contributed by atoms with van der Waals surface area (Å²) in [6.45, 7) is 1.28. The quantitative estimate of drug-likeness (QED) is 0.324. The van der Waals surface area contributed by atoms with Gasteiger partial charge in [-0.05, 0) is 48.6 Å². The zero-order valence-corrected chi connectivity index (χ0v) is 19.3. The topological polar surface area (TPSA) is 128 Å². The number of aromatic amines is 1. The molecule has 0 aliphatic rings. The first-order valence-corrected chi connectivity index (χ1v) is 11.2. The van der Waals surface area contributed by atoms with Crippen LogP contribution in [-0.4, -0.2) is 50.1 Å². The summed E-state index contributed by atoms with van der Waals surface area (Å²) >= 11 is 6.00. The number of carboxylic acid groups (broad SMARTS) is 1. The molecule has 1 unspecified atom stereocenters. The van der Waals surface area contributed by atoms with Crippen molar-refractivity contribution < 1.29 is 24.2 Å². The van der Waals surface area contributed by atoms with Crippen molar-refractivity contribution >= 4 is 23.5 Å². The van der Waals surface area contributed by atoms with Crippen LogP contribution in [0.3, 0.4) is 0 Å². The number of carboxylic acids is 1. The van der Waals surface area contributed by atoms with Crippen LogP contribution >= 0.6 is 11.6 Å². The number of nitrogens with one attached hydrogen (secondary N) is 2. The number of hydrogen-bond acceptors (Lipinski definition) is 5. The number of amides is 1. The molecule has 4 N–H and O–H groups in total. The van der Waals surface area contributed by atoms with E-state index in [1.807, 2.05) is 6.92 Å². The number of rotatable bonds is 11. The second-order valence-corrected chi connectivity index (χ2v) is 8.70. The van der Waals surface area contributed by atoms with Crippen molar-refractivity contribution in [2.45, 2.75) is 38.6 Å². The summed E-state index contributed by atoms with van der Waals surface area (Å²) in [4.78, 5) is 24.7. The van der Waals surface area contributed by atoms with Crippen LogP contribution in [0.2, 0.25) is 5.02 Å². The van der Waals surface area contributed by atoms with Crippen molar-refractivity contribution in [3.63, 3.8) is 0 Å². The molecule has 2 aromatic carbocycles. The molecule has 1 amide bonds. The molecule has 0 bridgehead atoms. The Kier molecular flexibility index (Phi) is 8.36. The summed E-state index contributed by atoms with van der Waals surface area (Å²) in [5.41, 5.74) is 0.533. The molecule has 0 radical (unpaired) electrons. The van der Waals surface area contributed by atoms with E-state index in [9.17, 15) is 24.2 Å². The third kappa shape index (κ3) is 5.98. The van der Waals surface area contributed by atoms with Crippen LogP contribution in [0.4, 0.5) is 4.39 Å². The summed E-state index contributed by atoms with van der Waals surface area (Å²) in [7, 11) is 0. The highest BCUT2D eigenvalue weighted by molar-refractivity contribution is 6.30. The van der Waals surface area contributed by atoms with Crippen LogP contribution in [0.15, 0.2) is 48.7 Å². The predicted octanol–water partition coefficient (Wildman–Crippen LogP) is 3.86. The zero-order chi connectivity index (χ0) is 24.7. The van der Waals surface area contributed by atoms with Gasteiger partial charge < -0.3 is 15.5 Å². The average molecular weight is 489 g/mol. The lowest BCUT2D eigenvalue weighted by atomic mass is 9.77. The van der Waals surface area contributed by atoms with Crippen LogP contribution in [0.25, 0.3) is 11.1 Å². The van der Waals surface area contributed by atoms with Gasteiger partial charge in [0, 0.05) is 16.6 Å². The third-order valence-electron chi connectivity index (χ3n) is 5.79. The molecule has 3 aromatic rings. The molecule has 8 nitrogen and oxygen atoms in total. The number of aliphatic carboxylic acids is 1. The molecule has 0 aliphatic heterocycles. The number of benzene rings is 2. The average Bonchev–Trinajstić information content (AvgIpc) is 3.36. The Morgan fingerprint density at radius 3 is 2.56 bits per heavy atom. The Hall–Kier alpha value is -3.30. The summed E-state index contributed by atoms with van der Waals surface area (Å²) in [5, 5.41) is 32.7. The minimum Gasteiger partial charge on any atom is -0.481 e. The van der Waals surface area contributed by atoms with Crippen molar-refractivity contribution in [3.8, 4) is 11.1 Å². The fraction of sp³-hybridized carbons (Fsp3) is 0.333. The Bertz CT molecular complexity index is 1120. The standard InChI is InChI=1S/C24H26ClFN4O4/c1-2-9-24(14-31,23(33)34)12-18(28-22(32)21-13-27-30-29-21)10-15-3-5-16(6-4-15)19-11-17(25)7-8-20(19)26/h3-8,11,13,18,31H,2,9-10,12,14H2,1H3,(H,28,32)(H,33,34)(H,27,29,30)/t18?,24-/m1/s1. The van der Waals surface area contributed by atoms with E-state index in [4.69, 9.17) is 11.6 Å². The molecule has 2 atom stereocenters. The van der Waals surface area contributed by atoms with E-state index in [1.54, 1.807) is 30.3 Å². The van der Waals surface area contributed by atoms with Gasteiger partial charge in [0.1, 0.15) is 11.5 Å². The number of hydrogen-bond donors (Lipinski definition) is 4. The summed E-state index contributed by atoms with van der Waals surface area (Å²) < 4.78 is 14.2. The van der Waals surface area contributed by atoms with E-state index < -0.39 is 35.8 Å². The highest BCUT2D eigenvalue weighted by Crippen LogP contribution is 2.32. The number of aliphatic hydroxyl groups excluding tert-OH is 1. The van der Waals surface area contributed by atoms with Gasteiger partial charge in [0.2, 0.25) is 0 Å². The molecule has 1 heterocycles. The summed E-state index contributed by atoms with van der Waals surface area (Å²) in [6, 6.07) is 10.8. The van der Waals surface area contributed by atoms with Crippen molar-refractivity contribution in [2.75, 3.05) is 6.61 Å². The molecule has 1 aromatic heterocycles. The van der Waals surface area contributed by atoms with Gasteiger partial charge in [-0.1, -0.05) is 54.4 Å². The fourth-order valence-corrected chi connectivity index (χ4v) is 4.20. The minimum absolute atomic E-state index is 0.0185. The van der Waals surface area contributed by atoms with Crippen molar-refractivity contribution in [3.05, 3.63) is 70.8 Å². The number of carbonyl (C=O) groups is 2. The van der Waals surface area contributed by atoms with Gasteiger partial charge in [0.05, 0.1) is 18.2 Å². The van der Waals surface area contributed by atoms with E-state index in [1.165, 1.54) is 18.3 Å². The van der Waals surface area contributed by atoms with E-state index in [-0.39, 0.29) is 18.5 Å². The number of H-pyrrole nitrogens is 1. The summed E-state index contributed by atoms with van der Waals surface area (Å²) in [6.07, 6.45) is 2.39. The van der Waals surface area contributed by atoms with Gasteiger partial charge in [-0.2, -0.15) is 0 Å². The maximum atomic E-state index is 14.2. The number of aliphatic hydroxyl groups is 1. The molecule has 180 valence electrons. The maximum absolute atomic E-state index is 14.2. The van der Waals surface area contributed by atoms with Crippen LogP contribution in [-0.2, 0) is 11.2 Å². The highest BCUT2D eigenvalue weighted by atomic mass is 35.5. The van der Waals surface area contributed by atoms with Crippen LogP contribution in [0.5, 0.6) is 0 Å². The molecule has 10 heteroatoms. The van der Waals surface area contributed by atoms with Gasteiger partial charge in [-0.3, -0.25) is 14.7 Å². The monoisotopic (exact) mass is 488 g/mol. The van der Waals surface area contributed by atoms with E-state index in [0.29, 0.717) is 29.0 Å². The van der Waals surface area contributed by atoms with E-state index in [0.717, 1.165) is 5.56 Å². The number of nitrogens with zero attached hydrogens (tertiary/aromatic N) is 2. The van der Waals surface area contributed by atoms with Crippen LogP contribution in [0.1, 0.15) is 42.2 Å². The minimum atomic E-state index is -1.40. The summed E-state index contributed by atoms with van der Waals surface area (Å²) in [5.74, 6) is -2.00. The van der Waals surface area contributed by atoms with E-state index >= 15 is 0 Å². The first kappa shape index (κ1) is 25.3. The smallest absolute Gasteiger partial charge is 0.312 e. The lowest BCUT2D eigenvalue weighted by Crippen LogP contribution is -2.45. The van der Waals surface area contributed by atoms with Gasteiger partial charge in [-0.15, -0.1) is 5.10 Å².